The van der Waals surface area contributed by atoms with Crippen molar-refractivity contribution < 1.29 is 4.52 Å². The lowest BCUT2D eigenvalue weighted by Crippen LogP contribution is -1.83. The monoisotopic (exact) mass is 276 g/mol. The van der Waals surface area contributed by atoms with Gasteiger partial charge in [0.25, 0.3) is 0 Å². The van der Waals surface area contributed by atoms with Gasteiger partial charge in [-0.3, -0.25) is 0 Å². The second kappa shape index (κ2) is 4.56. The van der Waals surface area contributed by atoms with Gasteiger partial charge in [-0.15, -0.1) is 0 Å². The molecular weight excluding hydrogens is 264 g/mol. The van der Waals surface area contributed by atoms with Crippen LogP contribution in [0.1, 0.15) is 5.56 Å². The van der Waals surface area contributed by atoms with Crippen molar-refractivity contribution in [2.24, 2.45) is 0 Å². The predicted molar refractivity (Wildman–Crippen MR) is 79.6 cm³/mol. The second-order valence-corrected chi connectivity index (χ2v) is 4.92. The van der Waals surface area contributed by atoms with Gasteiger partial charge >= 0.3 is 0 Å². The van der Waals surface area contributed by atoms with E-state index in [9.17, 15) is 0 Å². The van der Waals surface area contributed by atoms with Crippen LogP contribution in [-0.2, 0) is 0 Å². The van der Waals surface area contributed by atoms with E-state index in [0.717, 1.165) is 22.2 Å². The molecule has 0 spiro atoms. The number of nitrogens with zero attached hydrogens (tertiary/aromatic N) is 3. The molecule has 5 heteroatoms. The fraction of sp³-hybridized carbons (Fsp3) is 0.0625. The highest BCUT2D eigenvalue weighted by molar-refractivity contribution is 5.93. The molecule has 21 heavy (non-hydrogen) atoms. The van der Waals surface area contributed by atoms with Crippen LogP contribution < -0.4 is 0 Å². The first-order chi connectivity index (χ1) is 10.3. The molecule has 2 aromatic heterocycles. The Hall–Kier alpha value is -2.95. The average molecular weight is 276 g/mol. The summed E-state index contributed by atoms with van der Waals surface area (Å²) in [5.41, 5.74) is 4.44. The molecule has 1 N–H and O–H groups in total. The minimum atomic E-state index is 0.634. The standard InChI is InChI=1S/C16H12N4O/c1-10-6-8-11(9-7-10)14-15(18-20-17-14)16-12-4-2-3-5-13(12)19-21-16/h2-9H,1H3,(H,17,18,20). The summed E-state index contributed by atoms with van der Waals surface area (Å²) >= 11 is 0. The van der Waals surface area contributed by atoms with Crippen molar-refractivity contribution in [3.8, 4) is 22.7 Å². The van der Waals surface area contributed by atoms with E-state index in [2.05, 4.69) is 27.5 Å². The van der Waals surface area contributed by atoms with Crippen molar-refractivity contribution in [2.75, 3.05) is 0 Å². The van der Waals surface area contributed by atoms with Crippen LogP contribution in [0.15, 0.2) is 53.1 Å². The number of aryl methyl sites for hydroxylation is 1. The van der Waals surface area contributed by atoms with Gasteiger partial charge in [0.15, 0.2) is 11.5 Å². The molecule has 2 heterocycles. The molecule has 0 aliphatic heterocycles. The third-order valence-electron chi connectivity index (χ3n) is 3.47. The number of fused-ring (bicyclic) bond motifs is 1. The van der Waals surface area contributed by atoms with Crippen LogP contribution >= 0.6 is 0 Å². The lowest BCUT2D eigenvalue weighted by molar-refractivity contribution is 0.439. The van der Waals surface area contributed by atoms with Gasteiger partial charge in [-0.25, -0.2) is 0 Å². The van der Waals surface area contributed by atoms with Gasteiger partial charge in [-0.2, -0.15) is 15.4 Å². The van der Waals surface area contributed by atoms with Gasteiger partial charge in [0, 0.05) is 5.56 Å². The van der Waals surface area contributed by atoms with E-state index < -0.39 is 0 Å². The second-order valence-electron chi connectivity index (χ2n) is 4.92. The highest BCUT2D eigenvalue weighted by Gasteiger charge is 2.19. The van der Waals surface area contributed by atoms with Gasteiger partial charge < -0.3 is 4.52 Å². The number of H-pyrrole nitrogens is 1. The summed E-state index contributed by atoms with van der Waals surface area (Å²) in [5.74, 6) is 0.634. The maximum Gasteiger partial charge on any atom is 0.197 e. The summed E-state index contributed by atoms with van der Waals surface area (Å²) in [6.45, 7) is 2.05. The Morgan fingerprint density at radius 3 is 2.52 bits per heavy atom. The normalized spacial score (nSPS) is 11.1. The summed E-state index contributed by atoms with van der Waals surface area (Å²) in [6, 6.07) is 15.9. The molecule has 102 valence electrons. The van der Waals surface area contributed by atoms with Crippen LogP contribution in [0.4, 0.5) is 0 Å². The lowest BCUT2D eigenvalue weighted by Gasteiger charge is -1.99. The highest BCUT2D eigenvalue weighted by atomic mass is 16.5. The van der Waals surface area contributed by atoms with Crippen LogP contribution in [0.3, 0.4) is 0 Å². The van der Waals surface area contributed by atoms with Crippen LogP contribution in [0, 0.1) is 6.92 Å². The number of hydrogen-bond donors (Lipinski definition) is 1. The third-order valence-corrected chi connectivity index (χ3v) is 3.47. The van der Waals surface area contributed by atoms with E-state index in [4.69, 9.17) is 4.52 Å². The van der Waals surface area contributed by atoms with Crippen molar-refractivity contribution in [1.29, 1.82) is 0 Å². The molecule has 0 unspecified atom stereocenters. The van der Waals surface area contributed by atoms with Crippen molar-refractivity contribution in [3.63, 3.8) is 0 Å². The number of aromatic amines is 1. The number of rotatable bonds is 2. The van der Waals surface area contributed by atoms with Crippen molar-refractivity contribution >= 4 is 10.9 Å². The molecule has 0 saturated carbocycles. The average Bonchev–Trinajstić information content (AvgIpc) is 3.14. The maximum absolute atomic E-state index is 5.47. The van der Waals surface area contributed by atoms with Crippen LogP contribution in [0.25, 0.3) is 33.6 Å². The van der Waals surface area contributed by atoms with Gasteiger partial charge in [-0.1, -0.05) is 47.1 Å². The Kier molecular flexibility index (Phi) is 2.57. The molecule has 2 aromatic carbocycles. The zero-order chi connectivity index (χ0) is 14.2. The fourth-order valence-corrected chi connectivity index (χ4v) is 2.36. The van der Waals surface area contributed by atoms with Crippen LogP contribution in [0.2, 0.25) is 0 Å². The maximum atomic E-state index is 5.47. The molecule has 0 atom stereocenters. The van der Waals surface area contributed by atoms with Gasteiger partial charge in [0.1, 0.15) is 11.2 Å². The number of aromatic nitrogens is 4. The molecule has 4 aromatic rings. The molecule has 0 fully saturated rings. The first-order valence-corrected chi connectivity index (χ1v) is 6.65. The minimum Gasteiger partial charge on any atom is -0.353 e. The van der Waals surface area contributed by atoms with Crippen LogP contribution in [-0.4, -0.2) is 20.6 Å². The number of hydrogen-bond acceptors (Lipinski definition) is 4. The summed E-state index contributed by atoms with van der Waals surface area (Å²) < 4.78 is 5.47. The van der Waals surface area contributed by atoms with Crippen molar-refractivity contribution in [2.45, 2.75) is 6.92 Å². The van der Waals surface area contributed by atoms with Gasteiger partial charge in [0.2, 0.25) is 0 Å². The molecule has 0 aliphatic carbocycles. The zero-order valence-electron chi connectivity index (χ0n) is 11.4. The van der Waals surface area contributed by atoms with Crippen molar-refractivity contribution in [1.82, 2.24) is 20.6 Å². The molecule has 0 aliphatic rings. The third kappa shape index (κ3) is 1.90. The largest absolute Gasteiger partial charge is 0.353 e. The molecule has 4 rings (SSSR count). The van der Waals surface area contributed by atoms with E-state index in [1.54, 1.807) is 0 Å². The van der Waals surface area contributed by atoms with E-state index in [1.165, 1.54) is 5.56 Å². The summed E-state index contributed by atoms with van der Waals surface area (Å²) in [5, 5.41) is 16.2. The van der Waals surface area contributed by atoms with E-state index in [-0.39, 0.29) is 0 Å². The van der Waals surface area contributed by atoms with Gasteiger partial charge in [0.05, 0.1) is 5.39 Å². The number of nitrogens with one attached hydrogen (secondary N) is 1. The SMILES string of the molecule is Cc1ccc(-c2n[nH]nc2-c2onc3ccccc23)cc1. The topological polar surface area (TPSA) is 67.6 Å². The van der Waals surface area contributed by atoms with Gasteiger partial charge in [-0.05, 0) is 19.1 Å². The zero-order valence-corrected chi connectivity index (χ0v) is 11.4. The Morgan fingerprint density at radius 1 is 0.905 bits per heavy atom. The van der Waals surface area contributed by atoms with E-state index >= 15 is 0 Å². The van der Waals surface area contributed by atoms with Crippen LogP contribution in [0.5, 0.6) is 0 Å². The molecule has 0 amide bonds. The summed E-state index contributed by atoms with van der Waals surface area (Å²) in [7, 11) is 0. The Balaban J connectivity index is 1.91. The molecule has 0 saturated heterocycles. The van der Waals surface area contributed by atoms with Crippen molar-refractivity contribution in [3.05, 3.63) is 54.1 Å². The number of benzene rings is 2. The quantitative estimate of drug-likeness (QED) is 0.607. The van der Waals surface area contributed by atoms with E-state index in [1.807, 2.05) is 48.5 Å². The molecular formula is C16H12N4O. The fourth-order valence-electron chi connectivity index (χ4n) is 2.36. The molecule has 0 bridgehead atoms. The Labute approximate surface area is 120 Å². The lowest BCUT2D eigenvalue weighted by atomic mass is 10.1. The highest BCUT2D eigenvalue weighted by Crippen LogP contribution is 2.33. The molecule has 5 nitrogen and oxygen atoms in total. The Bertz CT molecular complexity index is 905. The minimum absolute atomic E-state index is 0.634. The first-order valence-electron chi connectivity index (χ1n) is 6.65. The Morgan fingerprint density at radius 2 is 1.67 bits per heavy atom. The van der Waals surface area contributed by atoms with E-state index in [0.29, 0.717) is 11.5 Å². The summed E-state index contributed by atoms with van der Waals surface area (Å²) in [6.07, 6.45) is 0. The first kappa shape index (κ1) is 11.8. The summed E-state index contributed by atoms with van der Waals surface area (Å²) in [4.78, 5) is 0. The smallest absolute Gasteiger partial charge is 0.197 e. The predicted octanol–water partition coefficient (Wildman–Crippen LogP) is 3.59. The molecule has 0 radical (unpaired) electrons.